The van der Waals surface area contributed by atoms with Gasteiger partial charge in [0.2, 0.25) is 5.88 Å². The van der Waals surface area contributed by atoms with Gasteiger partial charge in [-0.1, -0.05) is 19.1 Å². The highest BCUT2D eigenvalue weighted by Gasteiger charge is 2.20. The quantitative estimate of drug-likeness (QED) is 0.552. The second-order valence-electron chi connectivity index (χ2n) is 7.16. The van der Waals surface area contributed by atoms with Gasteiger partial charge in [-0.15, -0.1) is 0 Å². The summed E-state index contributed by atoms with van der Waals surface area (Å²) in [7, 11) is 1.77. The zero-order valence-corrected chi connectivity index (χ0v) is 17.2. The molecule has 29 heavy (non-hydrogen) atoms. The van der Waals surface area contributed by atoms with Crippen molar-refractivity contribution in [3.05, 3.63) is 54.0 Å². The molecule has 0 atom stereocenters. The van der Waals surface area contributed by atoms with Gasteiger partial charge in [-0.2, -0.15) is 0 Å². The summed E-state index contributed by atoms with van der Waals surface area (Å²) < 4.78 is 19.0. The molecule has 2 N–H and O–H groups in total. The van der Waals surface area contributed by atoms with Crippen LogP contribution in [0.15, 0.2) is 47.6 Å². The van der Waals surface area contributed by atoms with Crippen LogP contribution in [0, 0.1) is 5.82 Å². The Balaban J connectivity index is 1.43. The van der Waals surface area contributed by atoms with E-state index in [1.54, 1.807) is 19.2 Å². The summed E-state index contributed by atoms with van der Waals surface area (Å²) in [4.78, 5) is 10.9. The number of hydrogen-bond acceptors (Lipinski definition) is 4. The van der Waals surface area contributed by atoms with Gasteiger partial charge in [-0.05, 0) is 43.0 Å². The molecular formula is C22H30FN5O. The molecule has 2 aromatic rings. The maximum atomic E-state index is 13.4. The summed E-state index contributed by atoms with van der Waals surface area (Å²) >= 11 is 0. The Kier molecular flexibility index (Phi) is 7.67. The van der Waals surface area contributed by atoms with Crippen LogP contribution in [-0.4, -0.2) is 43.7 Å². The fraction of sp³-hybridized carbons (Fsp3) is 0.455. The molecule has 1 aliphatic heterocycles. The highest BCUT2D eigenvalue weighted by atomic mass is 19.1. The number of piperidine rings is 1. The zero-order chi connectivity index (χ0) is 20.5. The molecule has 1 saturated heterocycles. The van der Waals surface area contributed by atoms with Crippen molar-refractivity contribution in [3.63, 3.8) is 0 Å². The van der Waals surface area contributed by atoms with Gasteiger partial charge in [0.25, 0.3) is 0 Å². The number of pyridine rings is 1. The molecule has 2 heterocycles. The molecule has 7 heteroatoms. The van der Waals surface area contributed by atoms with Gasteiger partial charge >= 0.3 is 0 Å². The van der Waals surface area contributed by atoms with E-state index in [9.17, 15) is 4.39 Å². The zero-order valence-electron chi connectivity index (χ0n) is 17.2. The molecule has 0 radical (unpaired) electrons. The molecule has 0 bridgehead atoms. The Hall–Kier alpha value is -2.83. The third kappa shape index (κ3) is 6.34. The number of nitrogens with one attached hydrogen (secondary N) is 2. The van der Waals surface area contributed by atoms with Gasteiger partial charge < -0.3 is 20.3 Å². The second kappa shape index (κ2) is 10.6. The summed E-state index contributed by atoms with van der Waals surface area (Å²) in [6, 6.07) is 11.0. The van der Waals surface area contributed by atoms with Crippen LogP contribution in [0.25, 0.3) is 0 Å². The maximum Gasteiger partial charge on any atom is 0.213 e. The van der Waals surface area contributed by atoms with Crippen LogP contribution in [0.2, 0.25) is 0 Å². The maximum absolute atomic E-state index is 13.4. The van der Waals surface area contributed by atoms with E-state index in [2.05, 4.69) is 32.4 Å². The van der Waals surface area contributed by atoms with E-state index in [0.717, 1.165) is 49.6 Å². The summed E-state index contributed by atoms with van der Waals surface area (Å²) in [6.45, 7) is 5.17. The minimum Gasteiger partial charge on any atom is -0.478 e. The van der Waals surface area contributed by atoms with Crippen molar-refractivity contribution in [3.8, 4) is 5.88 Å². The molecule has 156 valence electrons. The monoisotopic (exact) mass is 399 g/mol. The van der Waals surface area contributed by atoms with E-state index >= 15 is 0 Å². The third-order valence-corrected chi connectivity index (χ3v) is 4.94. The lowest BCUT2D eigenvalue weighted by Crippen LogP contribution is -2.48. The number of nitrogens with zero attached hydrogens (tertiary/aromatic N) is 3. The Morgan fingerprint density at radius 1 is 1.28 bits per heavy atom. The van der Waals surface area contributed by atoms with Crippen molar-refractivity contribution in [1.82, 2.24) is 15.6 Å². The highest BCUT2D eigenvalue weighted by molar-refractivity contribution is 5.80. The average molecular weight is 400 g/mol. The van der Waals surface area contributed by atoms with Gasteiger partial charge in [0.15, 0.2) is 5.96 Å². The standard InChI is InChI=1S/C22H30FN5O/c1-3-13-29-21-8-7-17(15-25-21)16-26-22(24-2)27-19-9-11-28(12-10-19)20-6-4-5-18(23)14-20/h4-8,14-15,19H,3,9-13,16H2,1-2H3,(H2,24,26,27). The number of benzene rings is 1. The number of ether oxygens (including phenoxy) is 1. The molecule has 6 nitrogen and oxygen atoms in total. The molecule has 1 fully saturated rings. The van der Waals surface area contributed by atoms with Crippen LogP contribution in [0.5, 0.6) is 5.88 Å². The van der Waals surface area contributed by atoms with E-state index in [4.69, 9.17) is 4.74 Å². The third-order valence-electron chi connectivity index (χ3n) is 4.94. The number of anilines is 1. The van der Waals surface area contributed by atoms with Crippen molar-refractivity contribution < 1.29 is 9.13 Å². The van der Waals surface area contributed by atoms with Crippen LogP contribution in [0.1, 0.15) is 31.7 Å². The minimum absolute atomic E-state index is 0.188. The predicted octanol–water partition coefficient (Wildman–Crippen LogP) is 3.34. The van der Waals surface area contributed by atoms with Crippen LogP contribution < -0.4 is 20.3 Å². The molecule has 1 aromatic heterocycles. The summed E-state index contributed by atoms with van der Waals surface area (Å²) in [5, 5.41) is 6.83. The van der Waals surface area contributed by atoms with Crippen molar-refractivity contribution in [2.45, 2.75) is 38.8 Å². The lowest BCUT2D eigenvalue weighted by Gasteiger charge is -2.34. The van der Waals surface area contributed by atoms with Crippen LogP contribution >= 0.6 is 0 Å². The van der Waals surface area contributed by atoms with Gasteiger partial charge in [0.1, 0.15) is 5.82 Å². The second-order valence-corrected chi connectivity index (χ2v) is 7.16. The van der Waals surface area contributed by atoms with Crippen molar-refractivity contribution in [2.24, 2.45) is 4.99 Å². The molecule has 0 saturated carbocycles. The highest BCUT2D eigenvalue weighted by Crippen LogP contribution is 2.20. The van der Waals surface area contributed by atoms with E-state index in [1.807, 2.05) is 24.4 Å². The summed E-state index contributed by atoms with van der Waals surface area (Å²) in [5.74, 6) is 1.25. The molecule has 0 amide bonds. The Morgan fingerprint density at radius 3 is 2.76 bits per heavy atom. The molecule has 0 aliphatic carbocycles. The topological polar surface area (TPSA) is 61.8 Å². The first-order valence-electron chi connectivity index (χ1n) is 10.2. The lowest BCUT2D eigenvalue weighted by molar-refractivity contribution is 0.305. The largest absolute Gasteiger partial charge is 0.478 e. The van der Waals surface area contributed by atoms with Crippen LogP contribution in [0.4, 0.5) is 10.1 Å². The van der Waals surface area contributed by atoms with E-state index in [0.29, 0.717) is 25.1 Å². The number of hydrogen-bond donors (Lipinski definition) is 2. The Bertz CT molecular complexity index is 788. The smallest absolute Gasteiger partial charge is 0.213 e. The summed E-state index contributed by atoms with van der Waals surface area (Å²) in [5.41, 5.74) is 2.02. The van der Waals surface area contributed by atoms with Crippen molar-refractivity contribution >= 4 is 11.6 Å². The van der Waals surface area contributed by atoms with Gasteiger partial charge in [0.05, 0.1) is 6.61 Å². The number of guanidine groups is 1. The number of halogens is 1. The first-order chi connectivity index (χ1) is 14.2. The van der Waals surface area contributed by atoms with E-state index in [1.165, 1.54) is 6.07 Å². The lowest BCUT2D eigenvalue weighted by atomic mass is 10.0. The number of aliphatic imine (C=N–C) groups is 1. The van der Waals surface area contributed by atoms with E-state index in [-0.39, 0.29) is 5.82 Å². The Labute approximate surface area is 172 Å². The molecule has 1 aromatic carbocycles. The predicted molar refractivity (Wildman–Crippen MR) is 115 cm³/mol. The van der Waals surface area contributed by atoms with Crippen LogP contribution in [-0.2, 0) is 6.54 Å². The van der Waals surface area contributed by atoms with Gasteiger partial charge in [-0.3, -0.25) is 4.99 Å². The first kappa shape index (κ1) is 20.9. The fourth-order valence-electron chi connectivity index (χ4n) is 3.34. The van der Waals surface area contributed by atoms with Crippen molar-refractivity contribution in [2.75, 3.05) is 31.6 Å². The normalized spacial score (nSPS) is 15.3. The number of aromatic nitrogens is 1. The molecule has 3 rings (SSSR count). The minimum atomic E-state index is -0.188. The SMILES string of the molecule is CCCOc1ccc(CNC(=NC)NC2CCN(c3cccc(F)c3)CC2)cn1. The average Bonchev–Trinajstić information content (AvgIpc) is 2.76. The molecular weight excluding hydrogens is 369 g/mol. The molecule has 0 spiro atoms. The van der Waals surface area contributed by atoms with Gasteiger partial charge in [0, 0.05) is 50.7 Å². The van der Waals surface area contributed by atoms with Crippen molar-refractivity contribution in [1.29, 1.82) is 0 Å². The molecule has 1 aliphatic rings. The van der Waals surface area contributed by atoms with Gasteiger partial charge in [-0.25, -0.2) is 9.37 Å². The van der Waals surface area contributed by atoms with Crippen LogP contribution in [0.3, 0.4) is 0 Å². The van der Waals surface area contributed by atoms with E-state index < -0.39 is 0 Å². The number of rotatable bonds is 7. The Morgan fingerprint density at radius 2 is 2.10 bits per heavy atom. The summed E-state index contributed by atoms with van der Waals surface area (Å²) in [6.07, 6.45) is 4.74. The first-order valence-corrected chi connectivity index (χ1v) is 10.2. The molecule has 0 unspecified atom stereocenters. The fourth-order valence-corrected chi connectivity index (χ4v) is 3.34.